The van der Waals surface area contributed by atoms with Gasteiger partial charge in [0, 0.05) is 24.1 Å². The second-order valence-electron chi connectivity index (χ2n) is 5.75. The number of alkyl halides is 1. The maximum Gasteiger partial charge on any atom is 0.252 e. The van der Waals surface area contributed by atoms with Gasteiger partial charge in [-0.1, -0.05) is 6.07 Å². The average Bonchev–Trinajstić information content (AvgIpc) is 3.16. The number of aromatic nitrogens is 2. The van der Waals surface area contributed by atoms with Gasteiger partial charge in [-0.05, 0) is 44.1 Å². The third kappa shape index (κ3) is 3.41. The number of anilines is 1. The zero-order valence-electron chi connectivity index (χ0n) is 13.4. The van der Waals surface area contributed by atoms with Gasteiger partial charge in [-0.25, -0.2) is 4.39 Å². The van der Waals surface area contributed by atoms with E-state index >= 15 is 0 Å². The molecule has 0 spiro atoms. The van der Waals surface area contributed by atoms with Gasteiger partial charge in [0.05, 0.1) is 0 Å². The second-order valence-corrected chi connectivity index (χ2v) is 5.75. The Labute approximate surface area is 140 Å². The number of hydrogen-bond acceptors (Lipinski definition) is 4. The van der Waals surface area contributed by atoms with Crippen LogP contribution < -0.4 is 15.4 Å². The van der Waals surface area contributed by atoms with Gasteiger partial charge in [-0.15, -0.1) is 0 Å². The maximum atomic E-state index is 13.0. The van der Waals surface area contributed by atoms with Crippen molar-refractivity contribution in [1.82, 2.24) is 15.1 Å². The van der Waals surface area contributed by atoms with Crippen molar-refractivity contribution in [2.45, 2.75) is 18.4 Å². The summed E-state index contributed by atoms with van der Waals surface area (Å²) in [6.07, 6.45) is 4.84. The van der Waals surface area contributed by atoms with E-state index in [2.05, 4.69) is 15.7 Å². The van der Waals surface area contributed by atoms with Crippen LogP contribution in [0.2, 0.25) is 0 Å². The summed E-state index contributed by atoms with van der Waals surface area (Å²) in [6, 6.07) is 8.82. The van der Waals surface area contributed by atoms with Gasteiger partial charge >= 0.3 is 0 Å². The lowest BCUT2D eigenvalue weighted by atomic mass is 9.87. The number of ether oxygens (including phenoxy) is 1. The number of carbonyl (C=O) groups is 1. The van der Waals surface area contributed by atoms with E-state index < -0.39 is 12.2 Å². The number of nitrogens with zero attached hydrogens (tertiary/aromatic N) is 2. The minimum Gasteiger partial charge on any atom is -0.491 e. The summed E-state index contributed by atoms with van der Waals surface area (Å²) in [5, 5.41) is 10.5. The van der Waals surface area contributed by atoms with Crippen LogP contribution in [0, 0.1) is 0 Å². The fraction of sp³-hybridized carbons (Fsp3) is 0.412. The molecule has 128 valence electrons. The number of amides is 1. The van der Waals surface area contributed by atoms with Gasteiger partial charge in [0.1, 0.15) is 24.6 Å². The Morgan fingerprint density at radius 2 is 2.21 bits per heavy atom. The van der Waals surface area contributed by atoms with E-state index in [9.17, 15) is 9.18 Å². The van der Waals surface area contributed by atoms with Crippen LogP contribution in [0.15, 0.2) is 42.7 Å². The van der Waals surface area contributed by atoms with Gasteiger partial charge in [-0.2, -0.15) is 5.10 Å². The molecule has 0 unspecified atom stereocenters. The molecule has 6 nitrogen and oxygen atoms in total. The van der Waals surface area contributed by atoms with Crippen molar-refractivity contribution < 1.29 is 13.9 Å². The molecule has 3 rings (SSSR count). The highest BCUT2D eigenvalue weighted by Gasteiger charge is 2.42. The molecule has 24 heavy (non-hydrogen) atoms. The minimum absolute atomic E-state index is 0.000292. The molecule has 7 heteroatoms. The van der Waals surface area contributed by atoms with Crippen LogP contribution >= 0.6 is 0 Å². The summed E-state index contributed by atoms with van der Waals surface area (Å²) in [5.74, 6) is 0.430. The minimum atomic E-state index is -0.704. The molecule has 1 saturated heterocycles. The summed E-state index contributed by atoms with van der Waals surface area (Å²) >= 11 is 0. The number of piperidine rings is 1. The quantitative estimate of drug-likeness (QED) is 0.848. The molecule has 2 aromatic rings. The van der Waals surface area contributed by atoms with Crippen molar-refractivity contribution in [2.75, 3.05) is 31.7 Å². The number of carbonyl (C=O) groups excluding carboxylic acids is 1. The Morgan fingerprint density at radius 3 is 2.92 bits per heavy atom. The summed E-state index contributed by atoms with van der Waals surface area (Å²) in [5.41, 5.74) is -0.0775. The predicted molar refractivity (Wildman–Crippen MR) is 88.8 cm³/mol. The van der Waals surface area contributed by atoms with Crippen LogP contribution in [0.25, 0.3) is 0 Å². The zero-order valence-corrected chi connectivity index (χ0v) is 13.4. The number of hydrogen-bond donors (Lipinski definition) is 2. The molecule has 1 aromatic heterocycles. The summed E-state index contributed by atoms with van der Waals surface area (Å²) in [7, 11) is 0. The summed E-state index contributed by atoms with van der Waals surface area (Å²) in [6.45, 7) is 0.964. The fourth-order valence-corrected chi connectivity index (χ4v) is 2.99. The zero-order chi connectivity index (χ0) is 16.8. The van der Waals surface area contributed by atoms with E-state index in [1.54, 1.807) is 35.1 Å². The normalized spacial score (nSPS) is 16.5. The SMILES string of the molecule is O=C(Nc1cccc(OCCF)c1)C1(n2cccn2)CCNCC1. The molecule has 1 aliphatic rings. The van der Waals surface area contributed by atoms with Gasteiger partial charge in [0.25, 0.3) is 5.91 Å². The largest absolute Gasteiger partial charge is 0.491 e. The van der Waals surface area contributed by atoms with Crippen LogP contribution in [0.5, 0.6) is 5.75 Å². The van der Waals surface area contributed by atoms with Crippen molar-refractivity contribution in [2.24, 2.45) is 0 Å². The standard InChI is InChI=1S/C17H21FN4O2/c18-7-12-24-15-4-1-3-14(13-15)21-16(23)17(5-9-19-10-6-17)22-11-2-8-20-22/h1-4,8,11,13,19H,5-7,9-10,12H2,(H,21,23). The van der Waals surface area contributed by atoms with E-state index in [1.165, 1.54) is 0 Å². The number of benzene rings is 1. The van der Waals surface area contributed by atoms with Gasteiger partial charge in [0.2, 0.25) is 0 Å². The highest BCUT2D eigenvalue weighted by Crippen LogP contribution is 2.29. The van der Waals surface area contributed by atoms with Crippen molar-refractivity contribution in [3.05, 3.63) is 42.7 Å². The van der Waals surface area contributed by atoms with Crippen LogP contribution in [0.4, 0.5) is 10.1 Å². The Bertz CT molecular complexity index is 669. The molecular weight excluding hydrogens is 311 g/mol. The molecule has 0 saturated carbocycles. The van der Waals surface area contributed by atoms with E-state index in [0.717, 1.165) is 13.1 Å². The molecule has 0 radical (unpaired) electrons. The molecule has 1 aliphatic heterocycles. The fourth-order valence-electron chi connectivity index (χ4n) is 2.99. The highest BCUT2D eigenvalue weighted by atomic mass is 19.1. The lowest BCUT2D eigenvalue weighted by Gasteiger charge is -2.36. The topological polar surface area (TPSA) is 68.2 Å². The molecular formula is C17H21FN4O2. The van der Waals surface area contributed by atoms with Crippen LogP contribution in [0.1, 0.15) is 12.8 Å². The molecule has 1 fully saturated rings. The third-order valence-corrected chi connectivity index (χ3v) is 4.23. The first-order chi connectivity index (χ1) is 11.7. The average molecular weight is 332 g/mol. The molecule has 2 N–H and O–H groups in total. The van der Waals surface area contributed by atoms with Crippen molar-refractivity contribution >= 4 is 11.6 Å². The molecule has 2 heterocycles. The first-order valence-corrected chi connectivity index (χ1v) is 8.06. The third-order valence-electron chi connectivity index (χ3n) is 4.23. The molecule has 0 aliphatic carbocycles. The smallest absolute Gasteiger partial charge is 0.252 e. The van der Waals surface area contributed by atoms with Crippen LogP contribution in [0.3, 0.4) is 0 Å². The molecule has 1 aromatic carbocycles. The van der Waals surface area contributed by atoms with Gasteiger partial charge < -0.3 is 15.4 Å². The van der Waals surface area contributed by atoms with E-state index in [1.807, 2.05) is 12.3 Å². The number of rotatable bonds is 6. The van der Waals surface area contributed by atoms with Gasteiger partial charge in [-0.3, -0.25) is 9.48 Å². The number of halogens is 1. The molecule has 1 amide bonds. The van der Waals surface area contributed by atoms with Crippen molar-refractivity contribution in [1.29, 1.82) is 0 Å². The van der Waals surface area contributed by atoms with E-state index in [0.29, 0.717) is 24.3 Å². The first kappa shape index (κ1) is 16.4. The summed E-state index contributed by atoms with van der Waals surface area (Å²) < 4.78 is 19.2. The monoisotopic (exact) mass is 332 g/mol. The van der Waals surface area contributed by atoms with Crippen molar-refractivity contribution in [3.8, 4) is 5.75 Å². The van der Waals surface area contributed by atoms with E-state index in [-0.39, 0.29) is 12.5 Å². The predicted octanol–water partition coefficient (Wildman–Crippen LogP) is 1.95. The Kier molecular flexibility index (Phi) is 5.10. The van der Waals surface area contributed by atoms with Crippen LogP contribution in [-0.2, 0) is 10.3 Å². The van der Waals surface area contributed by atoms with Crippen LogP contribution in [-0.4, -0.2) is 42.1 Å². The molecule has 0 bridgehead atoms. The summed E-state index contributed by atoms with van der Waals surface area (Å²) in [4.78, 5) is 13.0. The van der Waals surface area contributed by atoms with Crippen molar-refractivity contribution in [3.63, 3.8) is 0 Å². The maximum absolute atomic E-state index is 13.0. The number of nitrogens with one attached hydrogen (secondary N) is 2. The lowest BCUT2D eigenvalue weighted by Crippen LogP contribution is -2.52. The molecule has 0 atom stereocenters. The Balaban J connectivity index is 1.79. The highest BCUT2D eigenvalue weighted by molar-refractivity contribution is 5.96. The van der Waals surface area contributed by atoms with E-state index in [4.69, 9.17) is 4.74 Å². The van der Waals surface area contributed by atoms with Gasteiger partial charge in [0.15, 0.2) is 0 Å². The second kappa shape index (κ2) is 7.44. The lowest BCUT2D eigenvalue weighted by molar-refractivity contribution is -0.126. The first-order valence-electron chi connectivity index (χ1n) is 8.06. The Morgan fingerprint density at radius 1 is 1.38 bits per heavy atom. The Hall–Kier alpha value is -2.41.